The monoisotopic (exact) mass is 392 g/mol. The highest BCUT2D eigenvalue weighted by molar-refractivity contribution is 6.55. The molecule has 0 atom stereocenters. The maximum Gasteiger partial charge on any atom is 0.433 e. The summed E-state index contributed by atoms with van der Waals surface area (Å²) in [5.74, 6) is 0. The lowest BCUT2D eigenvalue weighted by molar-refractivity contribution is -0.141. The summed E-state index contributed by atoms with van der Waals surface area (Å²) in [4.78, 5) is 8.03. The topological polar surface area (TPSA) is 39.9 Å². The summed E-state index contributed by atoms with van der Waals surface area (Å²) in [6.07, 6.45) is -1.48. The minimum absolute atomic E-state index is 0.297. The fourth-order valence-electron chi connectivity index (χ4n) is 2.79. The maximum atomic E-state index is 12.8. The summed E-state index contributed by atoms with van der Waals surface area (Å²) in [6, 6.07) is 7.31. The number of aromatic nitrogens is 3. The van der Waals surface area contributed by atoms with Crippen molar-refractivity contribution in [1.29, 1.82) is 0 Å². The highest BCUT2D eigenvalue weighted by Crippen LogP contribution is 2.31. The molecule has 0 aliphatic carbocycles. The number of hydrogen-bond acceptors (Lipinski definition) is 3. The quantitative estimate of drug-likeness (QED) is 0.430. The van der Waals surface area contributed by atoms with Gasteiger partial charge in [0, 0.05) is 23.3 Å². The second-order valence-electron chi connectivity index (χ2n) is 6.75. The molecule has 0 aromatic carbocycles. The van der Waals surface area contributed by atoms with Gasteiger partial charge >= 0.3 is 15.0 Å². The third-order valence-corrected chi connectivity index (χ3v) is 5.54. The van der Waals surface area contributed by atoms with Crippen molar-refractivity contribution in [3.05, 3.63) is 47.9 Å². The molecule has 27 heavy (non-hydrogen) atoms. The van der Waals surface area contributed by atoms with Gasteiger partial charge in [-0.25, -0.2) is 4.98 Å². The Morgan fingerprint density at radius 1 is 1.15 bits per heavy atom. The van der Waals surface area contributed by atoms with Gasteiger partial charge in [0.05, 0.1) is 31.4 Å². The largest absolute Gasteiger partial charge is 0.433 e. The third kappa shape index (κ3) is 4.39. The summed E-state index contributed by atoms with van der Waals surface area (Å²) in [7, 11) is -0.371. The van der Waals surface area contributed by atoms with Gasteiger partial charge in [-0.05, 0) is 36.8 Å². The molecule has 0 radical (unpaired) electrons. The molecule has 4 nitrogen and oxygen atoms in total. The number of pyridine rings is 2. The van der Waals surface area contributed by atoms with Crippen LogP contribution in [0.3, 0.4) is 0 Å². The highest BCUT2D eigenvalue weighted by Gasteiger charge is 2.32. The first kappa shape index (κ1) is 19.6. The minimum atomic E-state index is -4.45. The van der Waals surface area contributed by atoms with E-state index >= 15 is 0 Å². The number of nitrogens with zero attached hydrogens (tertiary/aromatic N) is 3. The Morgan fingerprint density at radius 3 is 2.56 bits per heavy atom. The van der Waals surface area contributed by atoms with Gasteiger partial charge in [0.25, 0.3) is 0 Å². The van der Waals surface area contributed by atoms with E-state index in [9.17, 15) is 13.2 Å². The van der Waals surface area contributed by atoms with Gasteiger partial charge in [-0.15, -0.1) is 0 Å². The summed E-state index contributed by atoms with van der Waals surface area (Å²) in [6.45, 7) is 7.38. The lowest BCUT2D eigenvalue weighted by atomic mass is 10.1. The maximum absolute atomic E-state index is 12.8. The number of alkyl halides is 3. The molecule has 3 aromatic rings. The van der Waals surface area contributed by atoms with Crippen LogP contribution in [0.5, 0.6) is 0 Å². The predicted molar refractivity (Wildman–Crippen MR) is 101 cm³/mol. The van der Waals surface area contributed by atoms with E-state index in [-0.39, 0.29) is 8.80 Å². The standard InChI is InChI=1S/C19H21F3N3OSi/c1-13-6-7-23-18-15(13)10-16(25(18)12-26-8-9-27(2)3)14-4-5-17(24-11-14)19(20,21)22/h4-7,10-11H,8-9,12H2,1-3H3/q+1. The zero-order valence-electron chi connectivity index (χ0n) is 15.5. The van der Waals surface area contributed by atoms with Gasteiger partial charge < -0.3 is 9.30 Å². The average Bonchev–Trinajstić information content (AvgIpc) is 2.98. The Kier molecular flexibility index (Phi) is 5.66. The Balaban J connectivity index is 1.98. The molecule has 0 saturated carbocycles. The van der Waals surface area contributed by atoms with E-state index in [4.69, 9.17) is 4.74 Å². The summed E-state index contributed by atoms with van der Waals surface area (Å²) in [5.41, 5.74) is 2.24. The fourth-order valence-corrected chi connectivity index (χ4v) is 3.35. The van der Waals surface area contributed by atoms with Crippen molar-refractivity contribution in [1.82, 2.24) is 14.5 Å². The Bertz CT molecular complexity index is 920. The average molecular weight is 392 g/mol. The molecular weight excluding hydrogens is 371 g/mol. The Hall–Kier alpha value is -2.19. The van der Waals surface area contributed by atoms with Crippen LogP contribution in [-0.2, 0) is 17.6 Å². The molecule has 3 heterocycles. The molecule has 8 heteroatoms. The van der Waals surface area contributed by atoms with Gasteiger partial charge in [0.1, 0.15) is 18.1 Å². The summed E-state index contributed by atoms with van der Waals surface area (Å²) >= 11 is 0. The van der Waals surface area contributed by atoms with Crippen molar-refractivity contribution in [3.63, 3.8) is 0 Å². The number of fused-ring (bicyclic) bond motifs is 1. The summed E-state index contributed by atoms with van der Waals surface area (Å²) in [5, 5.41) is 0.951. The molecule has 142 valence electrons. The van der Waals surface area contributed by atoms with Gasteiger partial charge in [-0.2, -0.15) is 13.2 Å². The fraction of sp³-hybridized carbons (Fsp3) is 0.368. The van der Waals surface area contributed by atoms with E-state index < -0.39 is 11.9 Å². The number of ether oxygens (including phenoxy) is 1. The van der Waals surface area contributed by atoms with Crippen LogP contribution in [0, 0.1) is 6.92 Å². The lowest BCUT2D eigenvalue weighted by Gasteiger charge is -2.11. The smallest absolute Gasteiger partial charge is 0.358 e. The third-order valence-electron chi connectivity index (χ3n) is 4.33. The number of rotatable bonds is 6. The number of hydrogen-bond donors (Lipinski definition) is 0. The van der Waals surface area contributed by atoms with Gasteiger partial charge in [0.2, 0.25) is 0 Å². The van der Waals surface area contributed by atoms with Crippen molar-refractivity contribution in [3.8, 4) is 11.3 Å². The van der Waals surface area contributed by atoms with Crippen molar-refractivity contribution in [2.45, 2.75) is 39.0 Å². The lowest BCUT2D eigenvalue weighted by Crippen LogP contribution is -2.10. The van der Waals surface area contributed by atoms with E-state index in [1.54, 1.807) is 6.20 Å². The molecule has 3 aromatic heterocycles. The van der Waals surface area contributed by atoms with Gasteiger partial charge in [0.15, 0.2) is 0 Å². The molecule has 0 aliphatic rings. The second-order valence-corrected chi connectivity index (χ2v) is 9.66. The van der Waals surface area contributed by atoms with Crippen LogP contribution in [0.25, 0.3) is 22.3 Å². The van der Waals surface area contributed by atoms with E-state index in [2.05, 4.69) is 23.1 Å². The van der Waals surface area contributed by atoms with E-state index in [1.165, 1.54) is 12.3 Å². The molecule has 0 amide bonds. The van der Waals surface area contributed by atoms with Crippen LogP contribution >= 0.6 is 0 Å². The SMILES string of the molecule is Cc1ccnc2c1cc(-c1ccc(C(F)(F)F)nc1)n2COCC[Si+](C)C. The van der Waals surface area contributed by atoms with Crippen molar-refractivity contribution in [2.24, 2.45) is 0 Å². The molecule has 3 rings (SSSR count). The van der Waals surface area contributed by atoms with Crippen LogP contribution in [-0.4, -0.2) is 29.9 Å². The second kappa shape index (κ2) is 7.81. The molecular formula is C19H21F3N3OSi+. The Labute approximate surface area is 157 Å². The van der Waals surface area contributed by atoms with Crippen LogP contribution in [0.2, 0.25) is 19.1 Å². The molecule has 0 spiro atoms. The molecule has 0 N–H and O–H groups in total. The molecule has 0 saturated heterocycles. The van der Waals surface area contributed by atoms with Crippen LogP contribution < -0.4 is 0 Å². The normalized spacial score (nSPS) is 11.9. The molecule has 0 aliphatic heterocycles. The van der Waals surface area contributed by atoms with E-state index in [0.29, 0.717) is 18.9 Å². The number of aryl methyl sites for hydroxylation is 1. The van der Waals surface area contributed by atoms with Crippen molar-refractivity contribution >= 4 is 19.8 Å². The predicted octanol–water partition coefficient (Wildman–Crippen LogP) is 5.15. The van der Waals surface area contributed by atoms with Crippen LogP contribution in [0.4, 0.5) is 13.2 Å². The molecule has 0 fully saturated rings. The van der Waals surface area contributed by atoms with Gasteiger partial charge in [-0.1, -0.05) is 0 Å². The first-order valence-electron chi connectivity index (χ1n) is 8.62. The van der Waals surface area contributed by atoms with Crippen LogP contribution in [0.15, 0.2) is 36.7 Å². The first-order valence-corrected chi connectivity index (χ1v) is 11.3. The van der Waals surface area contributed by atoms with Gasteiger partial charge in [-0.3, -0.25) is 4.98 Å². The molecule has 0 unspecified atom stereocenters. The first-order chi connectivity index (χ1) is 12.8. The summed E-state index contributed by atoms with van der Waals surface area (Å²) < 4.78 is 46.1. The Morgan fingerprint density at radius 2 is 1.93 bits per heavy atom. The highest BCUT2D eigenvalue weighted by atomic mass is 28.3. The van der Waals surface area contributed by atoms with E-state index in [0.717, 1.165) is 34.4 Å². The zero-order valence-corrected chi connectivity index (χ0v) is 16.5. The minimum Gasteiger partial charge on any atom is -0.358 e. The van der Waals surface area contributed by atoms with Crippen LogP contribution in [0.1, 0.15) is 11.3 Å². The zero-order chi connectivity index (χ0) is 19.6. The van der Waals surface area contributed by atoms with Crippen molar-refractivity contribution in [2.75, 3.05) is 6.61 Å². The number of halogens is 3. The van der Waals surface area contributed by atoms with E-state index in [1.807, 2.05) is 23.6 Å². The van der Waals surface area contributed by atoms with Crippen molar-refractivity contribution < 1.29 is 17.9 Å². The molecule has 0 bridgehead atoms.